The molecule has 0 heterocycles. The zero-order valence-electron chi connectivity index (χ0n) is 9.99. The molecule has 1 fully saturated rings. The number of hydrogen-bond acceptors (Lipinski definition) is 2. The zero-order valence-corrected chi connectivity index (χ0v) is 11.6. The van der Waals surface area contributed by atoms with E-state index in [1.807, 2.05) is 0 Å². The second-order valence-electron chi connectivity index (χ2n) is 4.63. The first kappa shape index (κ1) is 12.6. The lowest BCUT2D eigenvalue weighted by molar-refractivity contribution is -0.147. The van der Waals surface area contributed by atoms with E-state index in [2.05, 4.69) is 40.2 Å². The Kier molecular flexibility index (Phi) is 4.21. The van der Waals surface area contributed by atoms with Crippen LogP contribution in [0, 0.1) is 0 Å². The van der Waals surface area contributed by atoms with Gasteiger partial charge in [-0.2, -0.15) is 0 Å². The predicted octanol–water partition coefficient (Wildman–Crippen LogP) is 4.04. The Morgan fingerprint density at radius 2 is 1.76 bits per heavy atom. The molecular formula is C14H17BrO2. The minimum atomic E-state index is -0.155. The molecule has 17 heavy (non-hydrogen) atoms. The maximum Gasteiger partial charge on any atom is 0.302 e. The zero-order chi connectivity index (χ0) is 12.3. The highest BCUT2D eigenvalue weighted by molar-refractivity contribution is 9.10. The second kappa shape index (κ2) is 5.67. The minimum Gasteiger partial charge on any atom is -0.463 e. The topological polar surface area (TPSA) is 26.3 Å². The van der Waals surface area contributed by atoms with Crippen LogP contribution in [-0.2, 0) is 9.53 Å². The van der Waals surface area contributed by atoms with Crippen LogP contribution < -0.4 is 0 Å². The first-order valence-corrected chi connectivity index (χ1v) is 6.87. The summed E-state index contributed by atoms with van der Waals surface area (Å²) in [6.07, 6.45) is 4.33. The Hall–Kier alpha value is -0.830. The van der Waals surface area contributed by atoms with Gasteiger partial charge in [0.2, 0.25) is 0 Å². The van der Waals surface area contributed by atoms with E-state index in [0.29, 0.717) is 5.92 Å². The SMILES string of the molecule is CC(=O)OC1CCC(c2ccc(Br)cc2)CC1. The van der Waals surface area contributed by atoms with Crippen molar-refractivity contribution in [3.8, 4) is 0 Å². The van der Waals surface area contributed by atoms with Gasteiger partial charge < -0.3 is 4.74 Å². The Morgan fingerprint density at radius 1 is 1.18 bits per heavy atom. The molecular weight excluding hydrogens is 280 g/mol. The molecule has 1 aromatic rings. The molecule has 0 spiro atoms. The molecule has 1 aliphatic rings. The van der Waals surface area contributed by atoms with Gasteiger partial charge >= 0.3 is 5.97 Å². The van der Waals surface area contributed by atoms with Gasteiger partial charge in [-0.25, -0.2) is 0 Å². The lowest BCUT2D eigenvalue weighted by Crippen LogP contribution is -2.22. The van der Waals surface area contributed by atoms with E-state index in [1.165, 1.54) is 12.5 Å². The van der Waals surface area contributed by atoms with E-state index in [1.54, 1.807) is 0 Å². The third kappa shape index (κ3) is 3.56. The van der Waals surface area contributed by atoms with Gasteiger partial charge in [0.25, 0.3) is 0 Å². The maximum atomic E-state index is 10.9. The quantitative estimate of drug-likeness (QED) is 0.770. The van der Waals surface area contributed by atoms with E-state index >= 15 is 0 Å². The van der Waals surface area contributed by atoms with Crippen LogP contribution in [0.1, 0.15) is 44.1 Å². The van der Waals surface area contributed by atoms with Gasteiger partial charge in [0, 0.05) is 11.4 Å². The van der Waals surface area contributed by atoms with Gasteiger partial charge in [0.05, 0.1) is 0 Å². The van der Waals surface area contributed by atoms with Crippen molar-refractivity contribution in [3.63, 3.8) is 0 Å². The summed E-state index contributed by atoms with van der Waals surface area (Å²) in [5.41, 5.74) is 1.40. The fourth-order valence-electron chi connectivity index (χ4n) is 2.48. The third-order valence-corrected chi connectivity index (χ3v) is 3.88. The summed E-state index contributed by atoms with van der Waals surface area (Å²) in [4.78, 5) is 10.9. The number of esters is 1. The number of rotatable bonds is 2. The molecule has 3 heteroatoms. The van der Waals surface area contributed by atoms with Crippen molar-refractivity contribution in [2.45, 2.75) is 44.6 Å². The highest BCUT2D eigenvalue weighted by Gasteiger charge is 2.23. The number of carbonyl (C=O) groups is 1. The van der Waals surface area contributed by atoms with Gasteiger partial charge in [0.15, 0.2) is 0 Å². The fraction of sp³-hybridized carbons (Fsp3) is 0.500. The summed E-state index contributed by atoms with van der Waals surface area (Å²) in [6.45, 7) is 1.49. The molecule has 0 atom stereocenters. The molecule has 0 aliphatic heterocycles. The van der Waals surface area contributed by atoms with E-state index in [9.17, 15) is 4.79 Å². The predicted molar refractivity (Wildman–Crippen MR) is 70.9 cm³/mol. The van der Waals surface area contributed by atoms with Crippen LogP contribution in [0.4, 0.5) is 0 Å². The molecule has 0 radical (unpaired) electrons. The average Bonchev–Trinajstić information content (AvgIpc) is 2.30. The molecule has 2 rings (SSSR count). The van der Waals surface area contributed by atoms with Gasteiger partial charge in [-0.3, -0.25) is 4.79 Å². The number of hydrogen-bond donors (Lipinski definition) is 0. The minimum absolute atomic E-state index is 0.138. The van der Waals surface area contributed by atoms with E-state index < -0.39 is 0 Å². The summed E-state index contributed by atoms with van der Waals surface area (Å²) in [5.74, 6) is 0.465. The van der Waals surface area contributed by atoms with E-state index in [-0.39, 0.29) is 12.1 Å². The van der Waals surface area contributed by atoms with Crippen molar-refractivity contribution in [1.82, 2.24) is 0 Å². The Balaban J connectivity index is 1.90. The van der Waals surface area contributed by atoms with Crippen LogP contribution in [0.5, 0.6) is 0 Å². The van der Waals surface area contributed by atoms with E-state index in [4.69, 9.17) is 4.74 Å². The number of ether oxygens (including phenoxy) is 1. The molecule has 0 N–H and O–H groups in total. The summed E-state index contributed by atoms with van der Waals surface area (Å²) < 4.78 is 6.37. The molecule has 1 saturated carbocycles. The molecule has 0 amide bonds. The van der Waals surface area contributed by atoms with Crippen LogP contribution in [0.2, 0.25) is 0 Å². The van der Waals surface area contributed by atoms with Crippen molar-refractivity contribution in [1.29, 1.82) is 0 Å². The molecule has 0 aromatic heterocycles. The first-order chi connectivity index (χ1) is 8.15. The lowest BCUT2D eigenvalue weighted by atomic mass is 9.83. The molecule has 1 aliphatic carbocycles. The standard InChI is InChI=1S/C14H17BrO2/c1-10(16)17-14-8-4-12(5-9-14)11-2-6-13(15)7-3-11/h2-3,6-7,12,14H,4-5,8-9H2,1H3. The Morgan fingerprint density at radius 3 is 2.29 bits per heavy atom. The van der Waals surface area contributed by atoms with Crippen molar-refractivity contribution in [3.05, 3.63) is 34.3 Å². The highest BCUT2D eigenvalue weighted by atomic mass is 79.9. The Bertz CT molecular complexity index is 378. The molecule has 1 aromatic carbocycles. The average molecular weight is 297 g/mol. The van der Waals surface area contributed by atoms with Gasteiger partial charge in [-0.05, 0) is 49.3 Å². The summed E-state index contributed by atoms with van der Waals surface area (Å²) in [5, 5.41) is 0. The van der Waals surface area contributed by atoms with Crippen molar-refractivity contribution in [2.24, 2.45) is 0 Å². The van der Waals surface area contributed by atoms with Gasteiger partial charge in [-0.1, -0.05) is 28.1 Å². The molecule has 0 bridgehead atoms. The summed E-state index contributed by atoms with van der Waals surface area (Å²) >= 11 is 3.45. The van der Waals surface area contributed by atoms with Crippen molar-refractivity contribution < 1.29 is 9.53 Å². The number of halogens is 1. The van der Waals surface area contributed by atoms with Crippen LogP contribution in [0.15, 0.2) is 28.7 Å². The van der Waals surface area contributed by atoms with Crippen LogP contribution >= 0.6 is 15.9 Å². The normalized spacial score (nSPS) is 24.4. The third-order valence-electron chi connectivity index (χ3n) is 3.35. The monoisotopic (exact) mass is 296 g/mol. The van der Waals surface area contributed by atoms with Crippen molar-refractivity contribution >= 4 is 21.9 Å². The van der Waals surface area contributed by atoms with Crippen LogP contribution in [0.3, 0.4) is 0 Å². The van der Waals surface area contributed by atoms with Crippen LogP contribution in [-0.4, -0.2) is 12.1 Å². The first-order valence-electron chi connectivity index (χ1n) is 6.08. The molecule has 92 valence electrons. The van der Waals surface area contributed by atoms with Gasteiger partial charge in [0.1, 0.15) is 6.10 Å². The summed E-state index contributed by atoms with van der Waals surface area (Å²) in [6, 6.07) is 8.54. The fourth-order valence-corrected chi connectivity index (χ4v) is 2.75. The molecule has 2 nitrogen and oxygen atoms in total. The highest BCUT2D eigenvalue weighted by Crippen LogP contribution is 2.34. The van der Waals surface area contributed by atoms with Crippen molar-refractivity contribution in [2.75, 3.05) is 0 Å². The smallest absolute Gasteiger partial charge is 0.302 e. The van der Waals surface area contributed by atoms with Crippen LogP contribution in [0.25, 0.3) is 0 Å². The maximum absolute atomic E-state index is 10.9. The Labute approximate surface area is 110 Å². The van der Waals surface area contributed by atoms with E-state index in [0.717, 1.165) is 30.2 Å². The molecule has 0 unspecified atom stereocenters. The molecule has 0 saturated heterocycles. The summed E-state index contributed by atoms with van der Waals surface area (Å²) in [7, 11) is 0. The number of carbonyl (C=O) groups excluding carboxylic acids is 1. The second-order valence-corrected chi connectivity index (χ2v) is 5.55. The largest absolute Gasteiger partial charge is 0.463 e. The lowest BCUT2D eigenvalue weighted by Gasteiger charge is -2.28. The number of benzene rings is 1. The van der Waals surface area contributed by atoms with Gasteiger partial charge in [-0.15, -0.1) is 0 Å².